The topological polar surface area (TPSA) is 36.9 Å². The number of nitrogens with one attached hydrogen (secondary N) is 1. The number of rotatable bonds is 5. The fraction of sp³-hybridized carbons (Fsp3) is 0.923. The lowest BCUT2D eigenvalue weighted by atomic mass is 9.83. The van der Waals surface area contributed by atoms with Gasteiger partial charge in [-0.2, -0.15) is 0 Å². The predicted octanol–water partition coefficient (Wildman–Crippen LogP) is 2.09. The summed E-state index contributed by atoms with van der Waals surface area (Å²) in [5.41, 5.74) is 0.446. The molecule has 0 aromatic heterocycles. The molecule has 1 heterocycles. The second-order valence-electron chi connectivity index (χ2n) is 5.43. The van der Waals surface area contributed by atoms with Gasteiger partial charge in [0, 0.05) is 33.9 Å². The Morgan fingerprint density at radius 1 is 1.39 bits per heavy atom. The first-order valence-electron chi connectivity index (χ1n) is 6.74. The Hall–Kier alpha value is -0.0400. The van der Waals surface area contributed by atoms with Gasteiger partial charge in [-0.25, -0.2) is 0 Å². The molecule has 5 heteroatoms. The quantitative estimate of drug-likeness (QED) is 0.757. The van der Waals surface area contributed by atoms with Gasteiger partial charge in [0.2, 0.25) is 0 Å². The predicted molar refractivity (Wildman–Crippen MR) is 85.7 cm³/mol. The lowest BCUT2D eigenvalue weighted by molar-refractivity contribution is 0.138. The highest BCUT2D eigenvalue weighted by Crippen LogP contribution is 2.40. The molecule has 18 heavy (non-hydrogen) atoms. The number of hydrogen-bond acceptors (Lipinski definition) is 4. The van der Waals surface area contributed by atoms with Crippen molar-refractivity contribution in [3.05, 3.63) is 0 Å². The third-order valence-electron chi connectivity index (χ3n) is 4.18. The van der Waals surface area contributed by atoms with Gasteiger partial charge in [-0.1, -0.05) is 12.8 Å². The van der Waals surface area contributed by atoms with Crippen LogP contribution in [0, 0.1) is 5.41 Å². The molecule has 0 aromatic carbocycles. The Bertz CT molecular complexity index is 277. The minimum Gasteiger partial charge on any atom is -0.385 e. The van der Waals surface area contributed by atoms with Crippen LogP contribution >= 0.6 is 24.0 Å². The number of nitrogens with zero attached hydrogens (tertiary/aromatic N) is 2. The molecule has 0 aromatic rings. The number of likely N-dealkylation sites (N-methyl/N-ethyl adjacent to an activating group) is 1. The summed E-state index contributed by atoms with van der Waals surface area (Å²) in [6.45, 7) is 3.92. The first-order valence-corrected chi connectivity index (χ1v) is 6.74. The molecule has 0 unspecified atom stereocenters. The molecular formula is C13H26IN3O. The number of methoxy groups -OCH3 is 1. The van der Waals surface area contributed by atoms with Gasteiger partial charge in [0.1, 0.15) is 0 Å². The normalized spacial score (nSPS) is 21.7. The van der Waals surface area contributed by atoms with Crippen LogP contribution in [0.3, 0.4) is 0 Å². The minimum absolute atomic E-state index is 0. The van der Waals surface area contributed by atoms with Crippen LogP contribution in [0.5, 0.6) is 0 Å². The maximum Gasteiger partial charge on any atom is 0.193 e. The SMILES string of the molecule is COCCC1(CNC2=NCCN2C)CCCC1.I. The number of aliphatic imine (C=N–C) groups is 1. The standard InChI is InChI=1S/C13H25N3O.HI/c1-16-9-8-14-12(16)15-11-13(7-10-17-2)5-3-4-6-13;/h3-11H2,1-2H3,(H,14,15);1H. The Morgan fingerprint density at radius 3 is 2.67 bits per heavy atom. The molecule has 1 N–H and O–H groups in total. The van der Waals surface area contributed by atoms with Gasteiger partial charge in [-0.3, -0.25) is 4.99 Å². The molecule has 4 nitrogen and oxygen atoms in total. The fourth-order valence-corrected chi connectivity index (χ4v) is 2.95. The second kappa shape index (κ2) is 7.53. The van der Waals surface area contributed by atoms with Crippen molar-refractivity contribution in [1.29, 1.82) is 0 Å². The highest BCUT2D eigenvalue weighted by molar-refractivity contribution is 14.0. The van der Waals surface area contributed by atoms with E-state index in [1.807, 2.05) is 0 Å². The van der Waals surface area contributed by atoms with E-state index < -0.39 is 0 Å². The fourth-order valence-electron chi connectivity index (χ4n) is 2.95. The zero-order valence-corrected chi connectivity index (χ0v) is 13.9. The molecule has 2 rings (SSSR count). The van der Waals surface area contributed by atoms with Crippen molar-refractivity contribution >= 4 is 29.9 Å². The van der Waals surface area contributed by atoms with Crippen LogP contribution < -0.4 is 5.32 Å². The smallest absolute Gasteiger partial charge is 0.193 e. The van der Waals surface area contributed by atoms with E-state index in [4.69, 9.17) is 4.74 Å². The van der Waals surface area contributed by atoms with Gasteiger partial charge < -0.3 is 15.0 Å². The number of hydrogen-bond donors (Lipinski definition) is 1. The minimum atomic E-state index is 0. The molecule has 0 amide bonds. The molecular weight excluding hydrogens is 341 g/mol. The van der Waals surface area contributed by atoms with E-state index in [0.717, 1.165) is 32.2 Å². The van der Waals surface area contributed by atoms with Gasteiger partial charge in [0.15, 0.2) is 5.96 Å². The van der Waals surface area contributed by atoms with E-state index in [9.17, 15) is 0 Å². The monoisotopic (exact) mass is 367 g/mol. The van der Waals surface area contributed by atoms with Crippen LogP contribution in [0.2, 0.25) is 0 Å². The van der Waals surface area contributed by atoms with E-state index in [1.54, 1.807) is 7.11 Å². The molecule has 1 fully saturated rings. The average molecular weight is 367 g/mol. The third-order valence-corrected chi connectivity index (χ3v) is 4.18. The largest absolute Gasteiger partial charge is 0.385 e. The van der Waals surface area contributed by atoms with Crippen LogP contribution in [0.25, 0.3) is 0 Å². The zero-order chi connectivity index (χ0) is 12.1. The Kier molecular flexibility index (Phi) is 6.70. The molecule has 0 atom stereocenters. The first kappa shape index (κ1) is 16.0. The van der Waals surface area contributed by atoms with E-state index in [2.05, 4.69) is 22.3 Å². The summed E-state index contributed by atoms with van der Waals surface area (Å²) in [4.78, 5) is 6.70. The molecule has 0 bridgehead atoms. The van der Waals surface area contributed by atoms with Gasteiger partial charge in [0.05, 0.1) is 6.54 Å². The number of halogens is 1. The summed E-state index contributed by atoms with van der Waals surface area (Å²) in [7, 11) is 3.90. The van der Waals surface area contributed by atoms with Gasteiger partial charge in [-0.15, -0.1) is 24.0 Å². The number of guanidine groups is 1. The second-order valence-corrected chi connectivity index (χ2v) is 5.43. The summed E-state index contributed by atoms with van der Waals surface area (Å²) in [6, 6.07) is 0. The van der Waals surface area contributed by atoms with Crippen molar-refractivity contribution in [2.45, 2.75) is 32.1 Å². The van der Waals surface area contributed by atoms with Crippen LogP contribution in [-0.2, 0) is 4.74 Å². The highest BCUT2D eigenvalue weighted by Gasteiger charge is 2.33. The molecule has 106 valence electrons. The molecule has 1 aliphatic heterocycles. The van der Waals surface area contributed by atoms with E-state index in [-0.39, 0.29) is 24.0 Å². The number of ether oxygens (including phenoxy) is 1. The van der Waals surface area contributed by atoms with Crippen LogP contribution in [-0.4, -0.2) is 51.3 Å². The van der Waals surface area contributed by atoms with Crippen molar-refractivity contribution in [2.75, 3.05) is 40.4 Å². The van der Waals surface area contributed by atoms with E-state index >= 15 is 0 Å². The van der Waals surface area contributed by atoms with E-state index in [1.165, 1.54) is 32.1 Å². The maximum absolute atomic E-state index is 5.25. The van der Waals surface area contributed by atoms with Gasteiger partial charge >= 0.3 is 0 Å². The molecule has 0 radical (unpaired) electrons. The molecule has 1 aliphatic carbocycles. The average Bonchev–Trinajstić information content (AvgIpc) is 2.94. The Morgan fingerprint density at radius 2 is 2.11 bits per heavy atom. The highest BCUT2D eigenvalue weighted by atomic mass is 127. The molecule has 0 spiro atoms. The van der Waals surface area contributed by atoms with Crippen molar-refractivity contribution < 1.29 is 4.74 Å². The summed E-state index contributed by atoms with van der Waals surface area (Å²) in [5.74, 6) is 1.08. The molecule has 1 saturated carbocycles. The zero-order valence-electron chi connectivity index (χ0n) is 11.6. The maximum atomic E-state index is 5.25. The summed E-state index contributed by atoms with van der Waals surface area (Å²) in [5, 5.41) is 3.54. The van der Waals surface area contributed by atoms with Crippen molar-refractivity contribution in [2.24, 2.45) is 10.4 Å². The van der Waals surface area contributed by atoms with Crippen LogP contribution in [0.1, 0.15) is 32.1 Å². The van der Waals surface area contributed by atoms with E-state index in [0.29, 0.717) is 5.41 Å². The summed E-state index contributed by atoms with van der Waals surface area (Å²) in [6.07, 6.45) is 6.58. The van der Waals surface area contributed by atoms with Gasteiger partial charge in [0.25, 0.3) is 0 Å². The van der Waals surface area contributed by atoms with Crippen LogP contribution in [0.15, 0.2) is 4.99 Å². The Labute approximate surface area is 128 Å². The third kappa shape index (κ3) is 3.98. The lowest BCUT2D eigenvalue weighted by Gasteiger charge is -2.30. The van der Waals surface area contributed by atoms with Crippen molar-refractivity contribution in [3.63, 3.8) is 0 Å². The lowest BCUT2D eigenvalue weighted by Crippen LogP contribution is -2.42. The molecule has 2 aliphatic rings. The van der Waals surface area contributed by atoms with Gasteiger partial charge in [-0.05, 0) is 24.7 Å². The Balaban J connectivity index is 0.00000162. The summed E-state index contributed by atoms with van der Waals surface area (Å²) < 4.78 is 5.25. The first-order chi connectivity index (χ1) is 8.26. The van der Waals surface area contributed by atoms with Crippen molar-refractivity contribution in [3.8, 4) is 0 Å². The summed E-state index contributed by atoms with van der Waals surface area (Å²) >= 11 is 0. The van der Waals surface area contributed by atoms with Crippen molar-refractivity contribution in [1.82, 2.24) is 10.2 Å². The molecule has 0 saturated heterocycles. The van der Waals surface area contributed by atoms with Crippen LogP contribution in [0.4, 0.5) is 0 Å².